The van der Waals surface area contributed by atoms with Crippen LogP contribution in [0.15, 0.2) is 30.6 Å². The Morgan fingerprint density at radius 1 is 1.35 bits per heavy atom. The van der Waals surface area contributed by atoms with Gasteiger partial charge in [0.05, 0.1) is 6.04 Å². The molecule has 0 radical (unpaired) electrons. The maximum absolute atomic E-state index is 12.7. The maximum Gasteiger partial charge on any atom is 0.274 e. The number of hydrogen-bond donors (Lipinski definition) is 0. The lowest BCUT2D eigenvalue weighted by molar-refractivity contribution is 0.0604. The summed E-state index contributed by atoms with van der Waals surface area (Å²) in [6, 6.07) is 6.14. The van der Waals surface area contributed by atoms with Crippen LogP contribution in [0.3, 0.4) is 0 Å². The first-order chi connectivity index (χ1) is 9.70. The number of nitrogens with zero attached hydrogens (tertiary/aromatic N) is 4. The molecule has 0 saturated heterocycles. The summed E-state index contributed by atoms with van der Waals surface area (Å²) in [4.78, 5) is 14.6. The Kier molecular flexibility index (Phi) is 3.34. The Morgan fingerprint density at radius 3 is 2.90 bits per heavy atom. The zero-order valence-electron chi connectivity index (χ0n) is 12.0. The molecule has 3 heterocycles. The minimum Gasteiger partial charge on any atom is -0.348 e. The second-order valence-corrected chi connectivity index (χ2v) is 5.30. The van der Waals surface area contributed by atoms with E-state index in [2.05, 4.69) is 34.9 Å². The molecule has 3 rings (SSSR count). The average molecular weight is 272 g/mol. The second-order valence-electron chi connectivity index (χ2n) is 5.30. The van der Waals surface area contributed by atoms with Gasteiger partial charge in [-0.25, -0.2) is 0 Å². The molecule has 5 heteroatoms. The predicted molar refractivity (Wildman–Crippen MR) is 76.3 cm³/mol. The third-order valence-corrected chi connectivity index (χ3v) is 3.92. The summed E-state index contributed by atoms with van der Waals surface area (Å²) < 4.78 is 3.93. The minimum absolute atomic E-state index is 0.0384. The molecule has 2 aromatic rings. The van der Waals surface area contributed by atoms with E-state index in [-0.39, 0.29) is 11.9 Å². The summed E-state index contributed by atoms with van der Waals surface area (Å²) >= 11 is 0. The van der Waals surface area contributed by atoms with Gasteiger partial charge in [0, 0.05) is 38.2 Å². The van der Waals surface area contributed by atoms with E-state index in [0.717, 1.165) is 25.9 Å². The molecule has 0 N–H and O–H groups in total. The molecule has 2 aromatic heterocycles. The fourth-order valence-electron chi connectivity index (χ4n) is 2.96. The van der Waals surface area contributed by atoms with Crippen molar-refractivity contribution in [3.05, 3.63) is 42.0 Å². The monoisotopic (exact) mass is 272 g/mol. The summed E-state index contributed by atoms with van der Waals surface area (Å²) in [5.74, 6) is 0.0384. The highest BCUT2D eigenvalue weighted by atomic mass is 16.2. The van der Waals surface area contributed by atoms with E-state index in [4.69, 9.17) is 0 Å². The van der Waals surface area contributed by atoms with Crippen LogP contribution in [0.5, 0.6) is 0 Å². The first-order valence-electron chi connectivity index (χ1n) is 7.16. The predicted octanol–water partition coefficient (Wildman–Crippen LogP) is 2.22. The van der Waals surface area contributed by atoms with Crippen LogP contribution in [0.2, 0.25) is 0 Å². The van der Waals surface area contributed by atoms with Crippen molar-refractivity contribution in [1.82, 2.24) is 19.2 Å². The van der Waals surface area contributed by atoms with Crippen LogP contribution >= 0.6 is 0 Å². The standard InChI is InChI=1S/C15H20N4O/c1-3-5-14-13-6-4-8-18(13)10-11-19(14)15(20)12-7-9-17(2)16-12/h4,6-9,14H,3,5,10-11H2,1-2H3. The molecule has 20 heavy (non-hydrogen) atoms. The van der Waals surface area contributed by atoms with Gasteiger partial charge in [-0.3, -0.25) is 9.48 Å². The summed E-state index contributed by atoms with van der Waals surface area (Å²) in [5, 5.41) is 4.24. The highest BCUT2D eigenvalue weighted by Gasteiger charge is 2.31. The largest absolute Gasteiger partial charge is 0.348 e. The molecular weight excluding hydrogens is 252 g/mol. The molecule has 0 bridgehead atoms. The zero-order valence-corrected chi connectivity index (χ0v) is 12.0. The number of hydrogen-bond acceptors (Lipinski definition) is 2. The van der Waals surface area contributed by atoms with Crippen molar-refractivity contribution < 1.29 is 4.79 Å². The highest BCUT2D eigenvalue weighted by Crippen LogP contribution is 2.30. The smallest absolute Gasteiger partial charge is 0.274 e. The van der Waals surface area contributed by atoms with Gasteiger partial charge in [0.25, 0.3) is 5.91 Å². The molecule has 1 unspecified atom stereocenters. The van der Waals surface area contributed by atoms with E-state index >= 15 is 0 Å². The quantitative estimate of drug-likeness (QED) is 0.860. The van der Waals surface area contributed by atoms with Crippen molar-refractivity contribution in [2.24, 2.45) is 7.05 Å². The third kappa shape index (κ3) is 2.13. The van der Waals surface area contributed by atoms with E-state index in [1.807, 2.05) is 18.1 Å². The van der Waals surface area contributed by atoms with Crippen LogP contribution in [-0.2, 0) is 13.6 Å². The molecule has 0 aliphatic carbocycles. The molecule has 1 atom stereocenters. The Labute approximate surface area is 118 Å². The van der Waals surface area contributed by atoms with Gasteiger partial charge in [-0.15, -0.1) is 0 Å². The Morgan fingerprint density at radius 2 is 2.20 bits per heavy atom. The molecule has 0 spiro atoms. The van der Waals surface area contributed by atoms with Gasteiger partial charge in [-0.1, -0.05) is 13.3 Å². The van der Waals surface area contributed by atoms with E-state index in [1.165, 1.54) is 5.69 Å². The fourth-order valence-corrected chi connectivity index (χ4v) is 2.96. The highest BCUT2D eigenvalue weighted by molar-refractivity contribution is 5.92. The van der Waals surface area contributed by atoms with Gasteiger partial charge in [0.2, 0.25) is 0 Å². The molecule has 0 fully saturated rings. The Balaban J connectivity index is 1.90. The molecular formula is C15H20N4O. The van der Waals surface area contributed by atoms with E-state index < -0.39 is 0 Å². The van der Waals surface area contributed by atoms with Crippen LogP contribution in [0.1, 0.15) is 42.0 Å². The lowest BCUT2D eigenvalue weighted by Crippen LogP contribution is -2.42. The van der Waals surface area contributed by atoms with Crippen LogP contribution in [-0.4, -0.2) is 31.7 Å². The van der Waals surface area contributed by atoms with Gasteiger partial charge in [0.1, 0.15) is 5.69 Å². The molecule has 106 valence electrons. The summed E-state index contributed by atoms with van der Waals surface area (Å²) in [6.45, 7) is 3.77. The fraction of sp³-hybridized carbons (Fsp3) is 0.467. The van der Waals surface area contributed by atoms with Gasteiger partial charge < -0.3 is 9.47 Å². The Hall–Kier alpha value is -2.04. The maximum atomic E-state index is 12.7. The van der Waals surface area contributed by atoms with E-state index in [1.54, 1.807) is 10.7 Å². The number of carbonyl (C=O) groups excluding carboxylic acids is 1. The number of aryl methyl sites for hydroxylation is 1. The Bertz CT molecular complexity index is 613. The number of fused-ring (bicyclic) bond motifs is 1. The zero-order chi connectivity index (χ0) is 14.1. The lowest BCUT2D eigenvalue weighted by Gasteiger charge is -2.36. The van der Waals surface area contributed by atoms with Crippen molar-refractivity contribution >= 4 is 5.91 Å². The van der Waals surface area contributed by atoms with Gasteiger partial charge in [0.15, 0.2) is 0 Å². The van der Waals surface area contributed by atoms with Crippen molar-refractivity contribution in [3.63, 3.8) is 0 Å². The van der Waals surface area contributed by atoms with Gasteiger partial charge >= 0.3 is 0 Å². The van der Waals surface area contributed by atoms with Gasteiger partial charge in [-0.2, -0.15) is 5.10 Å². The molecule has 5 nitrogen and oxygen atoms in total. The average Bonchev–Trinajstić information content (AvgIpc) is 3.07. The molecule has 1 amide bonds. The van der Waals surface area contributed by atoms with Crippen molar-refractivity contribution in [2.45, 2.75) is 32.4 Å². The molecule has 1 aliphatic heterocycles. The van der Waals surface area contributed by atoms with Gasteiger partial charge in [-0.05, 0) is 24.6 Å². The topological polar surface area (TPSA) is 43.1 Å². The summed E-state index contributed by atoms with van der Waals surface area (Å²) in [7, 11) is 1.83. The number of rotatable bonds is 3. The van der Waals surface area contributed by atoms with Crippen LogP contribution in [0.4, 0.5) is 0 Å². The lowest BCUT2D eigenvalue weighted by atomic mass is 10.0. The number of aromatic nitrogens is 3. The SMILES string of the molecule is CCCC1c2cccn2CCN1C(=O)c1ccn(C)n1. The molecule has 0 saturated carbocycles. The van der Waals surface area contributed by atoms with Crippen LogP contribution in [0.25, 0.3) is 0 Å². The third-order valence-electron chi connectivity index (χ3n) is 3.92. The minimum atomic E-state index is 0.0384. The number of carbonyl (C=O) groups is 1. The van der Waals surface area contributed by atoms with Crippen LogP contribution < -0.4 is 0 Å². The molecule has 1 aliphatic rings. The van der Waals surface area contributed by atoms with E-state index in [9.17, 15) is 4.79 Å². The number of amides is 1. The molecule has 0 aromatic carbocycles. The van der Waals surface area contributed by atoms with E-state index in [0.29, 0.717) is 5.69 Å². The van der Waals surface area contributed by atoms with Crippen molar-refractivity contribution in [1.29, 1.82) is 0 Å². The van der Waals surface area contributed by atoms with Crippen molar-refractivity contribution in [2.75, 3.05) is 6.54 Å². The second kappa shape index (κ2) is 5.15. The van der Waals surface area contributed by atoms with Crippen LogP contribution in [0, 0.1) is 0 Å². The van der Waals surface area contributed by atoms with Crippen molar-refractivity contribution in [3.8, 4) is 0 Å². The summed E-state index contributed by atoms with van der Waals surface area (Å²) in [5.41, 5.74) is 1.77. The normalized spacial score (nSPS) is 18.1. The first kappa shape index (κ1) is 13.0. The summed E-state index contributed by atoms with van der Waals surface area (Å²) in [6.07, 6.45) is 5.96. The first-order valence-corrected chi connectivity index (χ1v) is 7.16.